The second kappa shape index (κ2) is 10.2. The SMILES string of the molecule is O=C(CCNS(=O)(=O)c1cccc(Br)c1)NCCCN1CCOCC1. The molecule has 1 heterocycles. The van der Waals surface area contributed by atoms with Crippen LogP contribution in [0.25, 0.3) is 0 Å². The van der Waals surface area contributed by atoms with Crippen LogP contribution in [-0.4, -0.2) is 65.2 Å². The minimum atomic E-state index is -3.60. The number of nitrogens with one attached hydrogen (secondary N) is 2. The molecular weight excluding hydrogens is 410 g/mol. The number of amides is 1. The fourth-order valence-corrected chi connectivity index (χ4v) is 4.09. The number of rotatable bonds is 9. The molecule has 1 amide bonds. The van der Waals surface area contributed by atoms with Crippen LogP contribution in [0.1, 0.15) is 12.8 Å². The Morgan fingerprint density at radius 2 is 2.00 bits per heavy atom. The molecule has 0 bridgehead atoms. The fourth-order valence-electron chi connectivity index (χ4n) is 2.46. The Balaban J connectivity index is 1.61. The smallest absolute Gasteiger partial charge is 0.240 e. The first-order valence-corrected chi connectivity index (χ1v) is 10.6. The number of nitrogens with zero attached hydrogens (tertiary/aromatic N) is 1. The third kappa shape index (κ3) is 7.41. The van der Waals surface area contributed by atoms with E-state index >= 15 is 0 Å². The van der Waals surface area contributed by atoms with E-state index in [-0.39, 0.29) is 23.8 Å². The van der Waals surface area contributed by atoms with Gasteiger partial charge >= 0.3 is 0 Å². The van der Waals surface area contributed by atoms with Crippen LogP contribution in [0.3, 0.4) is 0 Å². The van der Waals surface area contributed by atoms with Gasteiger partial charge < -0.3 is 10.1 Å². The Hall–Kier alpha value is -1.00. The predicted molar refractivity (Wildman–Crippen MR) is 98.8 cm³/mol. The Labute approximate surface area is 157 Å². The number of carbonyl (C=O) groups is 1. The van der Waals surface area contributed by atoms with Crippen molar-refractivity contribution in [1.29, 1.82) is 0 Å². The van der Waals surface area contributed by atoms with Crippen molar-refractivity contribution in [2.75, 3.05) is 45.9 Å². The van der Waals surface area contributed by atoms with Crippen molar-refractivity contribution in [2.45, 2.75) is 17.7 Å². The van der Waals surface area contributed by atoms with Crippen molar-refractivity contribution in [2.24, 2.45) is 0 Å². The highest BCUT2D eigenvalue weighted by Crippen LogP contribution is 2.15. The van der Waals surface area contributed by atoms with Crippen LogP contribution >= 0.6 is 15.9 Å². The van der Waals surface area contributed by atoms with Crippen LogP contribution < -0.4 is 10.0 Å². The molecule has 1 aromatic carbocycles. The van der Waals surface area contributed by atoms with Crippen LogP contribution in [0.2, 0.25) is 0 Å². The molecule has 1 aromatic rings. The summed E-state index contributed by atoms with van der Waals surface area (Å²) in [6, 6.07) is 6.44. The van der Waals surface area contributed by atoms with Gasteiger partial charge in [0.25, 0.3) is 0 Å². The summed E-state index contributed by atoms with van der Waals surface area (Å²) in [5.74, 6) is -0.154. The third-order valence-electron chi connectivity index (χ3n) is 3.83. The van der Waals surface area contributed by atoms with E-state index in [2.05, 4.69) is 30.9 Å². The summed E-state index contributed by atoms with van der Waals surface area (Å²) in [5.41, 5.74) is 0. The highest BCUT2D eigenvalue weighted by Gasteiger charge is 2.14. The minimum Gasteiger partial charge on any atom is -0.379 e. The van der Waals surface area contributed by atoms with E-state index in [9.17, 15) is 13.2 Å². The Bertz CT molecular complexity index is 663. The molecule has 0 saturated carbocycles. The molecule has 1 aliphatic heterocycles. The van der Waals surface area contributed by atoms with Gasteiger partial charge in [0.2, 0.25) is 15.9 Å². The van der Waals surface area contributed by atoms with Crippen LogP contribution in [0.4, 0.5) is 0 Å². The zero-order valence-corrected chi connectivity index (χ0v) is 16.4. The molecule has 0 unspecified atom stereocenters. The normalized spacial score (nSPS) is 15.9. The maximum atomic E-state index is 12.1. The number of carbonyl (C=O) groups excluding carboxylic acids is 1. The molecule has 0 atom stereocenters. The van der Waals surface area contributed by atoms with Crippen LogP contribution in [0.5, 0.6) is 0 Å². The highest BCUT2D eigenvalue weighted by molar-refractivity contribution is 9.10. The first kappa shape index (κ1) is 20.3. The zero-order chi connectivity index (χ0) is 18.1. The summed E-state index contributed by atoms with van der Waals surface area (Å²) < 4.78 is 32.7. The monoisotopic (exact) mass is 433 g/mol. The van der Waals surface area contributed by atoms with E-state index < -0.39 is 10.0 Å². The van der Waals surface area contributed by atoms with Crippen molar-refractivity contribution in [1.82, 2.24) is 14.9 Å². The van der Waals surface area contributed by atoms with E-state index in [0.29, 0.717) is 11.0 Å². The summed E-state index contributed by atoms with van der Waals surface area (Å²) >= 11 is 3.24. The quantitative estimate of drug-likeness (QED) is 0.566. The molecule has 0 radical (unpaired) electrons. The minimum absolute atomic E-state index is 0.0736. The van der Waals surface area contributed by atoms with Gasteiger partial charge in [-0.15, -0.1) is 0 Å². The van der Waals surface area contributed by atoms with Gasteiger partial charge in [0.15, 0.2) is 0 Å². The highest BCUT2D eigenvalue weighted by atomic mass is 79.9. The molecule has 2 N–H and O–H groups in total. The predicted octanol–water partition coefficient (Wildman–Crippen LogP) is 0.956. The van der Waals surface area contributed by atoms with Gasteiger partial charge in [0.05, 0.1) is 18.1 Å². The van der Waals surface area contributed by atoms with Gasteiger partial charge in [-0.2, -0.15) is 0 Å². The topological polar surface area (TPSA) is 87.7 Å². The van der Waals surface area contributed by atoms with Crippen LogP contribution in [0, 0.1) is 0 Å². The number of ether oxygens (including phenoxy) is 1. The second-order valence-electron chi connectivity index (χ2n) is 5.76. The summed E-state index contributed by atoms with van der Waals surface area (Å²) in [7, 11) is -3.60. The third-order valence-corrected chi connectivity index (χ3v) is 5.78. The molecule has 9 heteroatoms. The lowest BCUT2D eigenvalue weighted by Crippen LogP contribution is -2.38. The molecule has 1 aliphatic rings. The van der Waals surface area contributed by atoms with Gasteiger partial charge in [0.1, 0.15) is 0 Å². The molecule has 2 rings (SSSR count). The molecule has 7 nitrogen and oxygen atoms in total. The van der Waals surface area contributed by atoms with Crippen molar-refractivity contribution >= 4 is 31.9 Å². The lowest BCUT2D eigenvalue weighted by atomic mass is 10.3. The maximum Gasteiger partial charge on any atom is 0.240 e. The molecule has 0 spiro atoms. The van der Waals surface area contributed by atoms with Crippen molar-refractivity contribution in [3.05, 3.63) is 28.7 Å². The van der Waals surface area contributed by atoms with Crippen molar-refractivity contribution < 1.29 is 17.9 Å². The van der Waals surface area contributed by atoms with E-state index in [1.807, 2.05) is 0 Å². The van der Waals surface area contributed by atoms with Gasteiger partial charge in [-0.3, -0.25) is 9.69 Å². The summed E-state index contributed by atoms with van der Waals surface area (Å²) in [6.07, 6.45) is 0.986. The second-order valence-corrected chi connectivity index (χ2v) is 8.45. The standard InChI is InChI=1S/C16H24BrN3O4S/c17-14-3-1-4-15(13-14)25(22,23)19-7-5-16(21)18-6-2-8-20-9-11-24-12-10-20/h1,3-4,13,19H,2,5-12H2,(H,18,21). The van der Waals surface area contributed by atoms with Gasteiger partial charge in [-0.1, -0.05) is 22.0 Å². The summed E-state index contributed by atoms with van der Waals surface area (Å²) in [6.45, 7) is 5.00. The average Bonchev–Trinajstić information content (AvgIpc) is 2.59. The molecule has 140 valence electrons. The molecule has 1 fully saturated rings. The first-order valence-electron chi connectivity index (χ1n) is 8.29. The number of benzene rings is 1. The summed E-state index contributed by atoms with van der Waals surface area (Å²) in [5, 5.41) is 2.82. The van der Waals surface area contributed by atoms with E-state index in [4.69, 9.17) is 4.74 Å². The zero-order valence-electron chi connectivity index (χ0n) is 14.0. The number of hydrogen-bond donors (Lipinski definition) is 2. The Kier molecular flexibility index (Phi) is 8.31. The van der Waals surface area contributed by atoms with Gasteiger partial charge in [0, 0.05) is 37.1 Å². The van der Waals surface area contributed by atoms with E-state index in [1.165, 1.54) is 12.1 Å². The largest absolute Gasteiger partial charge is 0.379 e. The van der Waals surface area contributed by atoms with Crippen LogP contribution in [-0.2, 0) is 19.6 Å². The van der Waals surface area contributed by atoms with E-state index in [0.717, 1.165) is 39.3 Å². The maximum absolute atomic E-state index is 12.1. The molecule has 0 aromatic heterocycles. The number of sulfonamides is 1. The van der Waals surface area contributed by atoms with Crippen LogP contribution in [0.15, 0.2) is 33.6 Å². The Morgan fingerprint density at radius 1 is 1.24 bits per heavy atom. The van der Waals surface area contributed by atoms with E-state index in [1.54, 1.807) is 12.1 Å². The van der Waals surface area contributed by atoms with Gasteiger partial charge in [-0.25, -0.2) is 13.1 Å². The first-order chi connectivity index (χ1) is 12.0. The molecule has 1 saturated heterocycles. The average molecular weight is 434 g/mol. The molecular formula is C16H24BrN3O4S. The number of halogens is 1. The number of morpholine rings is 1. The fraction of sp³-hybridized carbons (Fsp3) is 0.562. The lowest BCUT2D eigenvalue weighted by molar-refractivity contribution is -0.120. The molecule has 25 heavy (non-hydrogen) atoms. The van der Waals surface area contributed by atoms with Crippen molar-refractivity contribution in [3.63, 3.8) is 0 Å². The lowest BCUT2D eigenvalue weighted by Gasteiger charge is -2.26. The number of hydrogen-bond acceptors (Lipinski definition) is 5. The van der Waals surface area contributed by atoms with Gasteiger partial charge in [-0.05, 0) is 31.2 Å². The van der Waals surface area contributed by atoms with Crippen molar-refractivity contribution in [3.8, 4) is 0 Å². The summed E-state index contributed by atoms with van der Waals surface area (Å²) in [4.78, 5) is 14.3. The Morgan fingerprint density at radius 3 is 2.72 bits per heavy atom. The molecule has 0 aliphatic carbocycles.